The largest absolute Gasteiger partial charge is 0.504 e. The van der Waals surface area contributed by atoms with Crippen LogP contribution in [0.4, 0.5) is 11.4 Å². The van der Waals surface area contributed by atoms with Gasteiger partial charge < -0.3 is 14.9 Å². The van der Waals surface area contributed by atoms with E-state index in [1.165, 1.54) is 44.8 Å². The van der Waals surface area contributed by atoms with Crippen LogP contribution in [0.1, 0.15) is 158 Å². The summed E-state index contributed by atoms with van der Waals surface area (Å²) in [7, 11) is 0. The molecular formula is C42H58N2O. The fourth-order valence-corrected chi connectivity index (χ4v) is 6.54. The lowest BCUT2D eigenvalue weighted by Crippen LogP contribution is -2.28. The Kier molecular flexibility index (Phi) is 10.9. The average Bonchev–Trinajstić information content (AvgIpc) is 3.43. The van der Waals surface area contributed by atoms with Crippen molar-refractivity contribution in [3.8, 4) is 0 Å². The molecule has 0 amide bonds. The summed E-state index contributed by atoms with van der Waals surface area (Å²) < 4.78 is 0. The van der Waals surface area contributed by atoms with Gasteiger partial charge in [0, 0.05) is 24.5 Å². The van der Waals surface area contributed by atoms with Gasteiger partial charge in [-0.25, -0.2) is 0 Å². The topological polar surface area (TPSA) is 26.7 Å². The molecule has 0 saturated carbocycles. The first-order valence-corrected chi connectivity index (χ1v) is 17.3. The molecule has 1 heterocycles. The van der Waals surface area contributed by atoms with E-state index in [0.717, 1.165) is 24.5 Å². The van der Waals surface area contributed by atoms with E-state index >= 15 is 0 Å². The number of aliphatic hydroxyl groups excluding tert-OH is 1. The van der Waals surface area contributed by atoms with Crippen molar-refractivity contribution in [2.75, 3.05) is 22.9 Å². The van der Waals surface area contributed by atoms with Gasteiger partial charge in [-0.05, 0) is 80.5 Å². The van der Waals surface area contributed by atoms with Crippen molar-refractivity contribution in [1.29, 1.82) is 0 Å². The Labute approximate surface area is 274 Å². The quantitative estimate of drug-likeness (QED) is 0.233. The van der Waals surface area contributed by atoms with Crippen LogP contribution in [0.2, 0.25) is 0 Å². The molecule has 0 unspecified atom stereocenters. The Bertz CT molecular complexity index is 1380. The molecule has 0 aliphatic carbocycles. The molecule has 1 aliphatic heterocycles. The summed E-state index contributed by atoms with van der Waals surface area (Å²) in [4.78, 5) is 4.87. The molecule has 0 atom stereocenters. The normalized spacial score (nSPS) is 14.2. The number of benzene rings is 3. The van der Waals surface area contributed by atoms with Gasteiger partial charge in [0.2, 0.25) is 0 Å². The molecule has 1 N–H and O–H groups in total. The first-order valence-electron chi connectivity index (χ1n) is 17.3. The Hall–Kier alpha value is -3.46. The second-order valence-corrected chi connectivity index (χ2v) is 14.8. The highest BCUT2D eigenvalue weighted by atomic mass is 16.3. The molecule has 3 aromatic carbocycles. The van der Waals surface area contributed by atoms with Gasteiger partial charge in [-0.2, -0.15) is 0 Å². The predicted octanol–water partition coefficient (Wildman–Crippen LogP) is 12.2. The highest BCUT2D eigenvalue weighted by molar-refractivity contribution is 5.76. The van der Waals surface area contributed by atoms with E-state index in [1.54, 1.807) is 0 Å². The van der Waals surface area contributed by atoms with E-state index in [1.807, 2.05) is 30.4 Å². The van der Waals surface area contributed by atoms with Crippen molar-refractivity contribution >= 4 is 17.5 Å². The summed E-state index contributed by atoms with van der Waals surface area (Å²) in [6, 6.07) is 19.9. The standard InChI is InChI=1S/C42H58N2O/c1-26(2)33-22-35(28(5)6)40(36(23-33)29(7)8)43-20-21-44(42(43)39(45)19-18-32-16-14-13-15-17-32)41-37(30(9)10)24-34(27(3)4)25-38(41)31(11)12/h13-19,22-31,45H,20-21H2,1-12H3/b19-18+. The molecule has 1 fully saturated rings. The summed E-state index contributed by atoms with van der Waals surface area (Å²) >= 11 is 0. The highest BCUT2D eigenvalue weighted by Crippen LogP contribution is 2.46. The Morgan fingerprint density at radius 1 is 0.556 bits per heavy atom. The van der Waals surface area contributed by atoms with Gasteiger partial charge in [-0.3, -0.25) is 0 Å². The van der Waals surface area contributed by atoms with E-state index in [2.05, 4.69) is 129 Å². The minimum Gasteiger partial charge on any atom is -0.504 e. The molecule has 1 saturated heterocycles. The molecule has 0 aromatic heterocycles. The molecule has 0 spiro atoms. The second kappa shape index (κ2) is 14.3. The molecule has 4 rings (SSSR count). The number of hydrogen-bond donors (Lipinski definition) is 1. The summed E-state index contributed by atoms with van der Waals surface area (Å²) in [5.41, 5.74) is 11.8. The van der Waals surface area contributed by atoms with E-state index in [9.17, 15) is 5.11 Å². The minimum absolute atomic E-state index is 0.297. The van der Waals surface area contributed by atoms with Gasteiger partial charge >= 0.3 is 0 Å². The van der Waals surface area contributed by atoms with Crippen LogP contribution in [-0.2, 0) is 0 Å². The van der Waals surface area contributed by atoms with Crippen molar-refractivity contribution in [2.24, 2.45) is 0 Å². The third-order valence-electron chi connectivity index (χ3n) is 9.26. The van der Waals surface area contributed by atoms with Crippen LogP contribution >= 0.6 is 0 Å². The van der Waals surface area contributed by atoms with Gasteiger partial charge in [0.25, 0.3) is 0 Å². The minimum atomic E-state index is 0.297. The first-order chi connectivity index (χ1) is 21.2. The van der Waals surface area contributed by atoms with Gasteiger partial charge in [0.15, 0.2) is 11.6 Å². The predicted molar refractivity (Wildman–Crippen MR) is 197 cm³/mol. The van der Waals surface area contributed by atoms with E-state index < -0.39 is 0 Å². The van der Waals surface area contributed by atoms with Gasteiger partial charge in [-0.1, -0.05) is 144 Å². The summed E-state index contributed by atoms with van der Waals surface area (Å²) in [5, 5.41) is 12.2. The van der Waals surface area contributed by atoms with Crippen LogP contribution in [0.5, 0.6) is 0 Å². The van der Waals surface area contributed by atoms with Crippen molar-refractivity contribution in [3.63, 3.8) is 0 Å². The molecule has 0 bridgehead atoms. The third kappa shape index (κ3) is 7.35. The smallest absolute Gasteiger partial charge is 0.156 e. The van der Waals surface area contributed by atoms with Crippen LogP contribution < -0.4 is 9.80 Å². The van der Waals surface area contributed by atoms with E-state index in [4.69, 9.17) is 0 Å². The van der Waals surface area contributed by atoms with E-state index in [0.29, 0.717) is 41.3 Å². The summed E-state index contributed by atoms with van der Waals surface area (Å²) in [6.45, 7) is 29.2. The van der Waals surface area contributed by atoms with Crippen LogP contribution in [0.25, 0.3) is 6.08 Å². The zero-order chi connectivity index (χ0) is 33.2. The van der Waals surface area contributed by atoms with Crippen LogP contribution in [0, 0.1) is 0 Å². The molecule has 3 heteroatoms. The lowest BCUT2D eigenvalue weighted by Gasteiger charge is -2.34. The van der Waals surface area contributed by atoms with Crippen molar-refractivity contribution in [1.82, 2.24) is 0 Å². The molecule has 45 heavy (non-hydrogen) atoms. The molecule has 3 nitrogen and oxygen atoms in total. The van der Waals surface area contributed by atoms with Crippen molar-refractivity contribution < 1.29 is 5.11 Å². The number of hydrogen-bond acceptors (Lipinski definition) is 3. The molecule has 0 radical (unpaired) electrons. The van der Waals surface area contributed by atoms with E-state index in [-0.39, 0.29) is 0 Å². The number of anilines is 2. The summed E-state index contributed by atoms with van der Waals surface area (Å²) in [5.74, 6) is 3.45. The maximum atomic E-state index is 12.2. The second-order valence-electron chi connectivity index (χ2n) is 14.8. The van der Waals surface area contributed by atoms with Crippen LogP contribution in [0.15, 0.2) is 72.3 Å². The lowest BCUT2D eigenvalue weighted by molar-refractivity contribution is 0.423. The summed E-state index contributed by atoms with van der Waals surface area (Å²) in [6.07, 6.45) is 3.93. The maximum Gasteiger partial charge on any atom is 0.156 e. The van der Waals surface area contributed by atoms with Crippen LogP contribution in [-0.4, -0.2) is 18.2 Å². The van der Waals surface area contributed by atoms with Crippen molar-refractivity contribution in [3.05, 3.63) is 111 Å². The Balaban J connectivity index is 2.06. The molecule has 1 aliphatic rings. The zero-order valence-corrected chi connectivity index (χ0v) is 30.1. The fraction of sp³-hybridized carbons (Fsp3) is 0.476. The van der Waals surface area contributed by atoms with Gasteiger partial charge in [0.05, 0.1) is 0 Å². The average molecular weight is 607 g/mol. The maximum absolute atomic E-state index is 12.2. The SMILES string of the molecule is CC(C)c1cc(C(C)C)c(N2CCN(c3c(C(C)C)cc(C(C)C)cc3C(C)C)C2=C(O)/C=C/c2ccccc2)c(C(C)C)c1. The zero-order valence-electron chi connectivity index (χ0n) is 30.1. The molecule has 242 valence electrons. The Morgan fingerprint density at radius 3 is 1.22 bits per heavy atom. The Morgan fingerprint density at radius 2 is 0.911 bits per heavy atom. The number of nitrogens with zero attached hydrogens (tertiary/aromatic N) is 2. The third-order valence-corrected chi connectivity index (χ3v) is 9.26. The van der Waals surface area contributed by atoms with Gasteiger partial charge in [0.1, 0.15) is 0 Å². The van der Waals surface area contributed by atoms with Crippen molar-refractivity contribution in [2.45, 2.75) is 119 Å². The van der Waals surface area contributed by atoms with Gasteiger partial charge in [-0.15, -0.1) is 0 Å². The number of aliphatic hydroxyl groups is 1. The molecule has 3 aromatic rings. The molecular weight excluding hydrogens is 548 g/mol. The fourth-order valence-electron chi connectivity index (χ4n) is 6.54. The van der Waals surface area contributed by atoms with Crippen LogP contribution in [0.3, 0.4) is 0 Å². The number of allylic oxidation sites excluding steroid dienone is 1. The highest BCUT2D eigenvalue weighted by Gasteiger charge is 2.36. The first kappa shape index (κ1) is 34.4. The monoisotopic (exact) mass is 606 g/mol. The lowest BCUT2D eigenvalue weighted by atomic mass is 9.86. The number of rotatable bonds is 10.